The van der Waals surface area contributed by atoms with Gasteiger partial charge in [-0.05, 0) is 37.0 Å². The Kier molecular flexibility index (Phi) is 3.70. The van der Waals surface area contributed by atoms with E-state index in [0.717, 1.165) is 24.8 Å². The van der Waals surface area contributed by atoms with Crippen molar-refractivity contribution >= 4 is 16.6 Å². The van der Waals surface area contributed by atoms with E-state index in [4.69, 9.17) is 10.5 Å². The third-order valence-corrected chi connectivity index (χ3v) is 3.30. The van der Waals surface area contributed by atoms with E-state index in [2.05, 4.69) is 24.9 Å². The van der Waals surface area contributed by atoms with Crippen molar-refractivity contribution in [3.05, 3.63) is 29.3 Å². The summed E-state index contributed by atoms with van der Waals surface area (Å²) in [5, 5.41) is 1.18. The molecule has 3 heteroatoms. The number of nitrogens with two attached hydrogens (primary N) is 1. The Morgan fingerprint density at radius 3 is 2.78 bits per heavy atom. The van der Waals surface area contributed by atoms with Gasteiger partial charge in [-0.2, -0.15) is 0 Å². The van der Waals surface area contributed by atoms with Crippen LogP contribution in [-0.4, -0.2) is 12.1 Å². The SMILES string of the molecule is CCCCc1c(N)c(OC)nc2cccc(C)c12. The topological polar surface area (TPSA) is 48.1 Å². The molecule has 18 heavy (non-hydrogen) atoms. The molecule has 0 radical (unpaired) electrons. The van der Waals surface area contributed by atoms with Crippen LogP contribution in [0.25, 0.3) is 10.9 Å². The summed E-state index contributed by atoms with van der Waals surface area (Å²) in [6.07, 6.45) is 3.25. The second kappa shape index (κ2) is 5.25. The molecule has 0 fully saturated rings. The number of hydrogen-bond acceptors (Lipinski definition) is 3. The second-order valence-electron chi connectivity index (χ2n) is 4.59. The van der Waals surface area contributed by atoms with Crippen molar-refractivity contribution in [1.29, 1.82) is 0 Å². The summed E-state index contributed by atoms with van der Waals surface area (Å²) in [4.78, 5) is 4.48. The molecule has 2 N–H and O–H groups in total. The van der Waals surface area contributed by atoms with Gasteiger partial charge in [0.2, 0.25) is 5.88 Å². The lowest BCUT2D eigenvalue weighted by atomic mass is 9.98. The van der Waals surface area contributed by atoms with Crippen LogP contribution in [0.15, 0.2) is 18.2 Å². The van der Waals surface area contributed by atoms with Crippen LogP contribution in [0.1, 0.15) is 30.9 Å². The van der Waals surface area contributed by atoms with Crippen molar-refractivity contribution in [3.63, 3.8) is 0 Å². The van der Waals surface area contributed by atoms with Crippen LogP contribution in [-0.2, 0) is 6.42 Å². The first-order chi connectivity index (χ1) is 8.69. The predicted octanol–water partition coefficient (Wildman–Crippen LogP) is 3.48. The molecular formula is C15H20N2O. The number of aromatic nitrogens is 1. The molecule has 0 aliphatic rings. The van der Waals surface area contributed by atoms with E-state index in [1.807, 2.05) is 12.1 Å². The Balaban J connectivity index is 2.71. The highest BCUT2D eigenvalue weighted by molar-refractivity contribution is 5.90. The summed E-state index contributed by atoms with van der Waals surface area (Å²) >= 11 is 0. The van der Waals surface area contributed by atoms with Gasteiger partial charge >= 0.3 is 0 Å². The van der Waals surface area contributed by atoms with Crippen LogP contribution in [0.4, 0.5) is 5.69 Å². The fourth-order valence-electron chi connectivity index (χ4n) is 2.34. The minimum absolute atomic E-state index is 0.541. The number of benzene rings is 1. The van der Waals surface area contributed by atoms with Gasteiger partial charge in [0, 0.05) is 5.39 Å². The van der Waals surface area contributed by atoms with E-state index < -0.39 is 0 Å². The first-order valence-corrected chi connectivity index (χ1v) is 6.40. The molecule has 1 heterocycles. The number of pyridine rings is 1. The van der Waals surface area contributed by atoms with Crippen molar-refractivity contribution in [2.24, 2.45) is 0 Å². The molecule has 0 aliphatic heterocycles. The molecule has 1 aromatic carbocycles. The van der Waals surface area contributed by atoms with E-state index in [1.54, 1.807) is 7.11 Å². The summed E-state index contributed by atoms with van der Waals surface area (Å²) < 4.78 is 5.28. The van der Waals surface area contributed by atoms with E-state index in [-0.39, 0.29) is 0 Å². The molecule has 1 aromatic heterocycles. The molecule has 96 valence electrons. The quantitative estimate of drug-likeness (QED) is 0.895. The zero-order valence-corrected chi connectivity index (χ0v) is 11.3. The first kappa shape index (κ1) is 12.7. The number of nitrogens with zero attached hydrogens (tertiary/aromatic N) is 1. The monoisotopic (exact) mass is 244 g/mol. The van der Waals surface area contributed by atoms with Gasteiger partial charge in [-0.25, -0.2) is 4.98 Å². The van der Waals surface area contributed by atoms with Gasteiger partial charge in [-0.1, -0.05) is 25.5 Å². The lowest BCUT2D eigenvalue weighted by Gasteiger charge is -2.14. The Hall–Kier alpha value is -1.77. The Morgan fingerprint density at radius 2 is 2.11 bits per heavy atom. The summed E-state index contributed by atoms with van der Waals surface area (Å²) in [5.41, 5.74) is 10.2. The molecule has 0 spiro atoms. The smallest absolute Gasteiger partial charge is 0.237 e. The van der Waals surface area contributed by atoms with Crippen LogP contribution in [0.3, 0.4) is 0 Å². The number of methoxy groups -OCH3 is 1. The fourth-order valence-corrected chi connectivity index (χ4v) is 2.34. The molecule has 2 aromatic rings. The van der Waals surface area contributed by atoms with Crippen LogP contribution < -0.4 is 10.5 Å². The van der Waals surface area contributed by atoms with E-state index in [1.165, 1.54) is 16.5 Å². The number of fused-ring (bicyclic) bond motifs is 1. The van der Waals surface area contributed by atoms with Crippen LogP contribution >= 0.6 is 0 Å². The number of unbranched alkanes of at least 4 members (excludes halogenated alkanes) is 1. The molecule has 0 unspecified atom stereocenters. The average molecular weight is 244 g/mol. The zero-order valence-electron chi connectivity index (χ0n) is 11.3. The molecule has 0 saturated carbocycles. The Morgan fingerprint density at radius 1 is 1.33 bits per heavy atom. The molecule has 0 atom stereocenters. The Labute approximate surface area is 108 Å². The lowest BCUT2D eigenvalue weighted by molar-refractivity contribution is 0.401. The zero-order chi connectivity index (χ0) is 13.1. The molecule has 0 amide bonds. The molecule has 3 nitrogen and oxygen atoms in total. The number of anilines is 1. The van der Waals surface area contributed by atoms with Gasteiger partial charge in [0.05, 0.1) is 18.3 Å². The van der Waals surface area contributed by atoms with Gasteiger partial charge in [-0.3, -0.25) is 0 Å². The van der Waals surface area contributed by atoms with Crippen molar-refractivity contribution in [3.8, 4) is 5.88 Å². The van der Waals surface area contributed by atoms with E-state index >= 15 is 0 Å². The summed E-state index contributed by atoms with van der Waals surface area (Å²) in [5.74, 6) is 0.541. The van der Waals surface area contributed by atoms with Gasteiger partial charge in [0.25, 0.3) is 0 Å². The standard InChI is InChI=1S/C15H20N2O/c1-4-5-8-11-13-10(2)7-6-9-12(13)17-15(18-3)14(11)16/h6-7,9H,4-5,8,16H2,1-3H3. The van der Waals surface area contributed by atoms with Crippen molar-refractivity contribution in [1.82, 2.24) is 4.98 Å². The van der Waals surface area contributed by atoms with Crippen molar-refractivity contribution in [2.75, 3.05) is 12.8 Å². The number of aryl methyl sites for hydroxylation is 2. The van der Waals surface area contributed by atoms with Crippen LogP contribution in [0.2, 0.25) is 0 Å². The molecule has 0 bridgehead atoms. The minimum atomic E-state index is 0.541. The van der Waals surface area contributed by atoms with Crippen molar-refractivity contribution < 1.29 is 4.74 Å². The minimum Gasteiger partial charge on any atom is -0.480 e. The predicted molar refractivity (Wildman–Crippen MR) is 76.1 cm³/mol. The largest absolute Gasteiger partial charge is 0.480 e. The van der Waals surface area contributed by atoms with Gasteiger partial charge in [0.1, 0.15) is 0 Å². The highest BCUT2D eigenvalue weighted by atomic mass is 16.5. The number of nitrogen functional groups attached to an aromatic ring is 1. The number of rotatable bonds is 4. The third kappa shape index (κ3) is 2.13. The third-order valence-electron chi connectivity index (χ3n) is 3.30. The summed E-state index contributed by atoms with van der Waals surface area (Å²) in [6, 6.07) is 6.13. The van der Waals surface area contributed by atoms with Crippen molar-refractivity contribution in [2.45, 2.75) is 33.1 Å². The highest BCUT2D eigenvalue weighted by Gasteiger charge is 2.14. The number of hydrogen-bond donors (Lipinski definition) is 1. The first-order valence-electron chi connectivity index (χ1n) is 6.40. The Bertz CT molecular complexity index is 564. The van der Waals surface area contributed by atoms with E-state index in [9.17, 15) is 0 Å². The fraction of sp³-hybridized carbons (Fsp3) is 0.400. The number of ether oxygens (including phenoxy) is 1. The summed E-state index contributed by atoms with van der Waals surface area (Å²) in [6.45, 7) is 4.29. The van der Waals surface area contributed by atoms with Crippen LogP contribution in [0, 0.1) is 6.92 Å². The molecule has 0 aliphatic carbocycles. The highest BCUT2D eigenvalue weighted by Crippen LogP contribution is 2.33. The maximum absolute atomic E-state index is 6.18. The molecule has 2 rings (SSSR count). The molecule has 0 saturated heterocycles. The maximum Gasteiger partial charge on any atom is 0.237 e. The van der Waals surface area contributed by atoms with Crippen LogP contribution in [0.5, 0.6) is 5.88 Å². The van der Waals surface area contributed by atoms with Gasteiger partial charge < -0.3 is 10.5 Å². The second-order valence-corrected chi connectivity index (χ2v) is 4.59. The maximum atomic E-state index is 6.18. The van der Waals surface area contributed by atoms with Gasteiger partial charge in [0.15, 0.2) is 0 Å². The summed E-state index contributed by atoms with van der Waals surface area (Å²) in [7, 11) is 1.62. The van der Waals surface area contributed by atoms with Gasteiger partial charge in [-0.15, -0.1) is 0 Å². The molecular weight excluding hydrogens is 224 g/mol. The normalized spacial score (nSPS) is 10.8. The lowest BCUT2D eigenvalue weighted by Crippen LogP contribution is -2.03. The van der Waals surface area contributed by atoms with E-state index in [0.29, 0.717) is 11.6 Å². The average Bonchev–Trinajstić information content (AvgIpc) is 2.37.